The van der Waals surface area contributed by atoms with E-state index in [1.54, 1.807) is 0 Å². The zero-order valence-corrected chi connectivity index (χ0v) is 27.2. The lowest BCUT2D eigenvalue weighted by Crippen LogP contribution is -2.25. The Labute approximate surface area is 266 Å². The van der Waals surface area contributed by atoms with E-state index in [9.17, 15) is 5.11 Å². The first-order valence-corrected chi connectivity index (χ1v) is 17.0. The largest absolute Gasteiger partial charge is 0.396 e. The van der Waals surface area contributed by atoms with Crippen LogP contribution in [0.3, 0.4) is 0 Å². The van der Waals surface area contributed by atoms with Crippen molar-refractivity contribution in [3.8, 4) is 0 Å². The molecule has 0 saturated heterocycles. The summed E-state index contributed by atoms with van der Waals surface area (Å²) in [7, 11) is 0. The van der Waals surface area contributed by atoms with Gasteiger partial charge in [0.25, 0.3) is 0 Å². The second-order valence-electron chi connectivity index (χ2n) is 12.4. The molecule has 0 atom stereocenters. The van der Waals surface area contributed by atoms with Crippen LogP contribution in [-0.4, -0.2) is 46.3 Å². The maximum atomic E-state index is 9.37. The van der Waals surface area contributed by atoms with Crippen molar-refractivity contribution in [2.45, 2.75) is 90.9 Å². The van der Waals surface area contributed by atoms with Crippen LogP contribution in [0.25, 0.3) is 11.4 Å². The summed E-state index contributed by atoms with van der Waals surface area (Å²) in [6, 6.07) is 17.8. The first-order chi connectivity index (χ1) is 21.6. The normalized spacial score (nSPS) is 14.8. The molecule has 0 unspecified atom stereocenters. The Hall–Kier alpha value is -3.34. The van der Waals surface area contributed by atoms with Crippen molar-refractivity contribution in [2.24, 2.45) is 0 Å². The summed E-state index contributed by atoms with van der Waals surface area (Å²) in [5.41, 5.74) is 9.90. The summed E-state index contributed by atoms with van der Waals surface area (Å²) in [6.07, 6.45) is 27.7. The maximum absolute atomic E-state index is 9.37. The number of aliphatic hydroxyl groups excluding tert-OH is 2. The van der Waals surface area contributed by atoms with Gasteiger partial charge in [0.1, 0.15) is 0 Å². The zero-order chi connectivity index (χ0) is 31.0. The topological polar surface area (TPSA) is 46.9 Å². The Morgan fingerprint density at radius 2 is 0.886 bits per heavy atom. The number of rotatable bonds is 18. The lowest BCUT2D eigenvalue weighted by Gasteiger charge is -2.34. The van der Waals surface area contributed by atoms with Gasteiger partial charge in [0.2, 0.25) is 0 Å². The molecule has 2 aliphatic heterocycles. The average Bonchev–Trinajstić information content (AvgIpc) is 3.05. The number of hydrogen-bond donors (Lipinski definition) is 2. The highest BCUT2D eigenvalue weighted by Crippen LogP contribution is 2.37. The number of aryl methyl sites for hydroxylation is 2. The molecule has 2 heterocycles. The van der Waals surface area contributed by atoms with Gasteiger partial charge in [0.15, 0.2) is 0 Å². The van der Waals surface area contributed by atoms with Gasteiger partial charge in [0.05, 0.1) is 0 Å². The summed E-state index contributed by atoms with van der Waals surface area (Å²) >= 11 is 0. The Kier molecular flexibility index (Phi) is 14.1. The van der Waals surface area contributed by atoms with Crippen LogP contribution in [0.2, 0.25) is 0 Å². The molecule has 2 aliphatic rings. The van der Waals surface area contributed by atoms with Crippen molar-refractivity contribution >= 4 is 11.4 Å². The van der Waals surface area contributed by atoms with Gasteiger partial charge in [0, 0.05) is 50.1 Å². The molecule has 236 valence electrons. The fourth-order valence-electron chi connectivity index (χ4n) is 5.96. The SMILES string of the molecule is Cc1ccc(C2=CC(=C3C=CN(CCCCCCCCCCCO)C=C3)C=C(c3ccc(C)cc3)N2CCCCCO)cc1. The quantitative estimate of drug-likeness (QED) is 0.169. The molecule has 4 rings (SSSR count). The van der Waals surface area contributed by atoms with Gasteiger partial charge in [-0.3, -0.25) is 0 Å². The molecule has 0 aromatic heterocycles. The number of unbranched alkanes of at least 4 members (excludes halogenated alkanes) is 10. The smallest absolute Gasteiger partial charge is 0.0490 e. The molecular weight excluding hydrogens is 540 g/mol. The van der Waals surface area contributed by atoms with E-state index in [0.717, 1.165) is 45.2 Å². The lowest BCUT2D eigenvalue weighted by atomic mass is 9.94. The molecular formula is C40H54N2O2. The van der Waals surface area contributed by atoms with Crippen LogP contribution >= 0.6 is 0 Å². The van der Waals surface area contributed by atoms with Crippen LogP contribution in [0.1, 0.15) is 99.3 Å². The molecule has 0 amide bonds. The van der Waals surface area contributed by atoms with E-state index in [4.69, 9.17) is 5.11 Å². The summed E-state index contributed by atoms with van der Waals surface area (Å²) in [5, 5.41) is 18.3. The highest BCUT2D eigenvalue weighted by atomic mass is 16.3. The second kappa shape index (κ2) is 18.5. The van der Waals surface area contributed by atoms with E-state index < -0.39 is 0 Å². The summed E-state index contributed by atoms with van der Waals surface area (Å²) in [5.74, 6) is 0. The third-order valence-corrected chi connectivity index (χ3v) is 8.70. The number of allylic oxidation sites excluding steroid dienone is 6. The van der Waals surface area contributed by atoms with Crippen LogP contribution in [0.15, 0.2) is 96.4 Å². The molecule has 0 spiro atoms. The Balaban J connectivity index is 1.48. The van der Waals surface area contributed by atoms with Crippen molar-refractivity contribution < 1.29 is 10.2 Å². The highest BCUT2D eigenvalue weighted by molar-refractivity contribution is 5.84. The monoisotopic (exact) mass is 594 g/mol. The molecule has 44 heavy (non-hydrogen) atoms. The molecule has 2 aromatic rings. The highest BCUT2D eigenvalue weighted by Gasteiger charge is 2.23. The van der Waals surface area contributed by atoms with E-state index in [1.165, 1.54) is 89.7 Å². The van der Waals surface area contributed by atoms with E-state index in [0.29, 0.717) is 6.61 Å². The number of aliphatic hydroxyl groups is 2. The first kappa shape index (κ1) is 33.6. The van der Waals surface area contributed by atoms with E-state index >= 15 is 0 Å². The first-order valence-electron chi connectivity index (χ1n) is 17.0. The van der Waals surface area contributed by atoms with Gasteiger partial charge >= 0.3 is 0 Å². The van der Waals surface area contributed by atoms with Crippen molar-refractivity contribution in [2.75, 3.05) is 26.3 Å². The molecule has 0 fully saturated rings. The molecule has 0 radical (unpaired) electrons. The third-order valence-electron chi connectivity index (χ3n) is 8.70. The van der Waals surface area contributed by atoms with Crippen LogP contribution in [0, 0.1) is 13.8 Å². The van der Waals surface area contributed by atoms with Gasteiger partial charge in [-0.15, -0.1) is 0 Å². The lowest BCUT2D eigenvalue weighted by molar-refractivity contribution is 0.281. The summed E-state index contributed by atoms with van der Waals surface area (Å²) in [4.78, 5) is 4.80. The molecule has 4 heteroatoms. The van der Waals surface area contributed by atoms with Crippen molar-refractivity contribution in [1.82, 2.24) is 9.80 Å². The minimum atomic E-state index is 0.250. The van der Waals surface area contributed by atoms with E-state index in [2.05, 4.69) is 109 Å². The summed E-state index contributed by atoms with van der Waals surface area (Å²) < 4.78 is 0. The van der Waals surface area contributed by atoms with Crippen molar-refractivity contribution in [3.63, 3.8) is 0 Å². The number of nitrogens with zero attached hydrogens (tertiary/aromatic N) is 2. The summed E-state index contributed by atoms with van der Waals surface area (Å²) in [6.45, 7) is 6.83. The average molecular weight is 595 g/mol. The minimum Gasteiger partial charge on any atom is -0.396 e. The van der Waals surface area contributed by atoms with E-state index in [-0.39, 0.29) is 6.61 Å². The molecule has 4 nitrogen and oxygen atoms in total. The maximum Gasteiger partial charge on any atom is 0.0490 e. The molecule has 0 saturated carbocycles. The van der Waals surface area contributed by atoms with Gasteiger partial charge in [-0.05, 0) is 92.5 Å². The Bertz CT molecular complexity index is 1220. The second-order valence-corrected chi connectivity index (χ2v) is 12.4. The molecule has 2 N–H and O–H groups in total. The van der Waals surface area contributed by atoms with Gasteiger partial charge in [-0.2, -0.15) is 0 Å². The number of benzene rings is 2. The minimum absolute atomic E-state index is 0.250. The van der Waals surface area contributed by atoms with Crippen LogP contribution < -0.4 is 0 Å². The van der Waals surface area contributed by atoms with Crippen molar-refractivity contribution in [1.29, 1.82) is 0 Å². The van der Waals surface area contributed by atoms with Crippen LogP contribution in [-0.2, 0) is 0 Å². The Morgan fingerprint density at radius 3 is 1.36 bits per heavy atom. The zero-order valence-electron chi connectivity index (χ0n) is 27.2. The van der Waals surface area contributed by atoms with Gasteiger partial charge in [-0.25, -0.2) is 0 Å². The molecule has 0 bridgehead atoms. The van der Waals surface area contributed by atoms with Gasteiger partial charge < -0.3 is 20.0 Å². The Morgan fingerprint density at radius 1 is 0.477 bits per heavy atom. The van der Waals surface area contributed by atoms with Crippen LogP contribution in [0.5, 0.6) is 0 Å². The molecule has 2 aromatic carbocycles. The third kappa shape index (κ3) is 10.4. The number of hydrogen-bond acceptors (Lipinski definition) is 4. The van der Waals surface area contributed by atoms with Crippen LogP contribution in [0.4, 0.5) is 0 Å². The standard InChI is InChI=1S/C40H54N2O2/c1-33-15-19-36(20-16-33)39-31-38(32-40(37-21-17-34(2)18-22-37)42(39)26-12-10-14-30-44)35-23-27-41(28-24-35)25-11-8-6-4-3-5-7-9-13-29-43/h15-24,27-28,31-32,43-44H,3-14,25-26,29-30H2,1-2H3. The fraction of sp³-hybridized carbons (Fsp3) is 0.450. The predicted octanol–water partition coefficient (Wildman–Crippen LogP) is 9.31. The molecule has 0 aliphatic carbocycles. The predicted molar refractivity (Wildman–Crippen MR) is 187 cm³/mol. The van der Waals surface area contributed by atoms with Crippen molar-refractivity contribution in [3.05, 3.63) is 119 Å². The van der Waals surface area contributed by atoms with Gasteiger partial charge in [-0.1, -0.05) is 105 Å². The van der Waals surface area contributed by atoms with E-state index in [1.807, 2.05) is 0 Å². The fourth-order valence-corrected chi connectivity index (χ4v) is 5.96.